The number of carbonyl (C=O) groups excluding carboxylic acids is 1. The second-order valence-corrected chi connectivity index (χ2v) is 5.38. The van der Waals surface area contributed by atoms with Gasteiger partial charge in [-0.2, -0.15) is 0 Å². The smallest absolute Gasteiger partial charge is 0.410 e. The van der Waals surface area contributed by atoms with E-state index in [-0.39, 0.29) is 25.9 Å². The molecule has 0 saturated carbocycles. The Hall–Kier alpha value is -1.59. The third kappa shape index (κ3) is 3.49. The number of likely N-dealkylation sites (tertiary alicyclic amines) is 1. The first-order valence-electron chi connectivity index (χ1n) is 6.86. The lowest BCUT2D eigenvalue weighted by Gasteiger charge is -2.39. The van der Waals surface area contributed by atoms with Crippen molar-refractivity contribution in [2.75, 3.05) is 26.3 Å². The number of rotatable bonds is 4. The van der Waals surface area contributed by atoms with Gasteiger partial charge in [0.25, 0.3) is 0 Å². The van der Waals surface area contributed by atoms with Gasteiger partial charge in [-0.3, -0.25) is 0 Å². The molecule has 2 rings (SSSR count). The minimum atomic E-state index is -0.593. The normalized spacial score (nSPS) is 17.8. The second kappa shape index (κ2) is 6.72. The van der Waals surface area contributed by atoms with Crippen molar-refractivity contribution in [3.63, 3.8) is 0 Å². The zero-order valence-electron chi connectivity index (χ0n) is 11.5. The Morgan fingerprint density at radius 3 is 2.60 bits per heavy atom. The molecule has 0 spiro atoms. The molecule has 0 aliphatic carbocycles. The fourth-order valence-corrected chi connectivity index (χ4v) is 2.48. The fourth-order valence-electron chi connectivity index (χ4n) is 2.48. The summed E-state index contributed by atoms with van der Waals surface area (Å²) in [5.41, 5.74) is 0.345. The van der Waals surface area contributed by atoms with Crippen LogP contribution in [0.25, 0.3) is 0 Å². The quantitative estimate of drug-likeness (QED) is 0.874. The molecule has 0 atom stereocenters. The molecule has 1 aliphatic heterocycles. The van der Waals surface area contributed by atoms with Crippen LogP contribution in [-0.4, -0.2) is 47.5 Å². The number of aliphatic hydroxyl groups is 2. The topological polar surface area (TPSA) is 70.0 Å². The molecular weight excluding hydrogens is 258 g/mol. The van der Waals surface area contributed by atoms with E-state index < -0.39 is 5.41 Å². The van der Waals surface area contributed by atoms with Gasteiger partial charge in [-0.05, 0) is 18.4 Å². The maximum Gasteiger partial charge on any atom is 0.410 e. The lowest BCUT2D eigenvalue weighted by molar-refractivity contribution is -0.0121. The molecule has 0 aromatic heterocycles. The first kappa shape index (κ1) is 14.8. The summed E-state index contributed by atoms with van der Waals surface area (Å²) >= 11 is 0. The van der Waals surface area contributed by atoms with Gasteiger partial charge in [0.1, 0.15) is 6.61 Å². The van der Waals surface area contributed by atoms with Crippen molar-refractivity contribution >= 4 is 6.09 Å². The van der Waals surface area contributed by atoms with Gasteiger partial charge < -0.3 is 19.8 Å². The molecule has 1 aliphatic rings. The van der Waals surface area contributed by atoms with E-state index in [2.05, 4.69) is 0 Å². The maximum atomic E-state index is 12.0. The lowest BCUT2D eigenvalue weighted by Crippen LogP contribution is -2.49. The number of amides is 1. The molecular formula is C15H21NO4. The minimum absolute atomic E-state index is 0.119. The molecule has 0 bridgehead atoms. The number of piperidine rings is 1. The second-order valence-electron chi connectivity index (χ2n) is 5.38. The molecule has 0 unspecified atom stereocenters. The first-order valence-corrected chi connectivity index (χ1v) is 6.86. The van der Waals surface area contributed by atoms with Crippen LogP contribution >= 0.6 is 0 Å². The maximum absolute atomic E-state index is 12.0. The minimum Gasteiger partial charge on any atom is -0.445 e. The summed E-state index contributed by atoms with van der Waals surface area (Å²) in [6.45, 7) is 0.947. The van der Waals surface area contributed by atoms with Crippen LogP contribution in [-0.2, 0) is 11.3 Å². The van der Waals surface area contributed by atoms with Gasteiger partial charge in [0.15, 0.2) is 0 Å². The van der Waals surface area contributed by atoms with E-state index in [1.165, 1.54) is 0 Å². The summed E-state index contributed by atoms with van der Waals surface area (Å²) in [4.78, 5) is 13.6. The number of hydrogen-bond acceptors (Lipinski definition) is 4. The highest BCUT2D eigenvalue weighted by molar-refractivity contribution is 5.67. The summed E-state index contributed by atoms with van der Waals surface area (Å²) in [5.74, 6) is 0. The summed E-state index contributed by atoms with van der Waals surface area (Å²) in [5, 5.41) is 18.8. The highest BCUT2D eigenvalue weighted by atomic mass is 16.6. The monoisotopic (exact) mass is 279 g/mol. The summed E-state index contributed by atoms with van der Waals surface area (Å²) < 4.78 is 5.27. The summed E-state index contributed by atoms with van der Waals surface area (Å²) in [7, 11) is 0. The molecule has 0 radical (unpaired) electrons. The van der Waals surface area contributed by atoms with Crippen molar-refractivity contribution in [2.24, 2.45) is 5.41 Å². The number of benzene rings is 1. The predicted octanol–water partition coefficient (Wildman–Crippen LogP) is 1.39. The van der Waals surface area contributed by atoms with Crippen molar-refractivity contribution in [1.29, 1.82) is 0 Å². The van der Waals surface area contributed by atoms with Crippen molar-refractivity contribution in [1.82, 2.24) is 4.90 Å². The first-order chi connectivity index (χ1) is 9.69. The number of aliphatic hydroxyl groups excluding tert-OH is 2. The Kier molecular flexibility index (Phi) is 4.98. The van der Waals surface area contributed by atoms with E-state index in [9.17, 15) is 15.0 Å². The molecule has 1 saturated heterocycles. The van der Waals surface area contributed by atoms with Crippen LogP contribution in [0.2, 0.25) is 0 Å². The molecule has 1 fully saturated rings. The van der Waals surface area contributed by atoms with Crippen LogP contribution in [0.1, 0.15) is 18.4 Å². The molecule has 110 valence electrons. The van der Waals surface area contributed by atoms with Crippen molar-refractivity contribution in [3.8, 4) is 0 Å². The van der Waals surface area contributed by atoms with Crippen LogP contribution in [0.5, 0.6) is 0 Å². The molecule has 5 nitrogen and oxygen atoms in total. The standard InChI is InChI=1S/C15H21NO4/c17-11-15(12-18)7-4-8-16(10-15)14(19)20-9-13-5-2-1-3-6-13/h1-3,5-6,17-18H,4,7-12H2. The number of nitrogens with zero attached hydrogens (tertiary/aromatic N) is 1. The van der Waals surface area contributed by atoms with Gasteiger partial charge in [0.05, 0.1) is 13.2 Å². The zero-order valence-corrected chi connectivity index (χ0v) is 11.5. The highest BCUT2D eigenvalue weighted by Crippen LogP contribution is 2.29. The van der Waals surface area contributed by atoms with Crippen LogP contribution in [0.15, 0.2) is 30.3 Å². The Bertz CT molecular complexity index is 431. The van der Waals surface area contributed by atoms with Gasteiger partial charge in [-0.25, -0.2) is 4.79 Å². The van der Waals surface area contributed by atoms with E-state index in [1.807, 2.05) is 30.3 Å². The average molecular weight is 279 g/mol. The molecule has 5 heteroatoms. The third-order valence-corrected chi connectivity index (χ3v) is 3.80. The summed E-state index contributed by atoms with van der Waals surface area (Å²) in [6, 6.07) is 9.50. The highest BCUT2D eigenvalue weighted by Gasteiger charge is 2.36. The molecule has 1 aromatic carbocycles. The molecule has 1 amide bonds. The van der Waals surface area contributed by atoms with Crippen molar-refractivity contribution < 1.29 is 19.7 Å². The van der Waals surface area contributed by atoms with Gasteiger partial charge in [-0.1, -0.05) is 30.3 Å². The molecule has 20 heavy (non-hydrogen) atoms. The zero-order chi connectivity index (χ0) is 14.4. The number of ether oxygens (including phenoxy) is 1. The Labute approximate surface area is 118 Å². The summed E-state index contributed by atoms with van der Waals surface area (Å²) in [6.07, 6.45) is 1.10. The van der Waals surface area contributed by atoms with E-state index in [4.69, 9.17) is 4.74 Å². The third-order valence-electron chi connectivity index (χ3n) is 3.80. The van der Waals surface area contributed by atoms with Crippen LogP contribution < -0.4 is 0 Å². The van der Waals surface area contributed by atoms with Gasteiger partial charge in [-0.15, -0.1) is 0 Å². The fraction of sp³-hybridized carbons (Fsp3) is 0.533. The SMILES string of the molecule is O=C(OCc1ccccc1)N1CCCC(CO)(CO)C1. The van der Waals surface area contributed by atoms with E-state index in [0.29, 0.717) is 13.1 Å². The van der Waals surface area contributed by atoms with Crippen molar-refractivity contribution in [2.45, 2.75) is 19.4 Å². The number of hydrogen-bond donors (Lipinski definition) is 2. The van der Waals surface area contributed by atoms with Gasteiger partial charge in [0.2, 0.25) is 0 Å². The largest absolute Gasteiger partial charge is 0.445 e. The van der Waals surface area contributed by atoms with Crippen LogP contribution in [0.3, 0.4) is 0 Å². The Balaban J connectivity index is 1.89. The number of carbonyl (C=O) groups is 1. The lowest BCUT2D eigenvalue weighted by atomic mass is 9.81. The van der Waals surface area contributed by atoms with Crippen LogP contribution in [0, 0.1) is 5.41 Å². The average Bonchev–Trinajstić information content (AvgIpc) is 2.53. The predicted molar refractivity (Wildman–Crippen MR) is 74.0 cm³/mol. The van der Waals surface area contributed by atoms with Crippen molar-refractivity contribution in [3.05, 3.63) is 35.9 Å². The Morgan fingerprint density at radius 1 is 1.25 bits per heavy atom. The van der Waals surface area contributed by atoms with E-state index >= 15 is 0 Å². The molecule has 1 heterocycles. The Morgan fingerprint density at radius 2 is 1.95 bits per heavy atom. The van der Waals surface area contributed by atoms with E-state index in [1.54, 1.807) is 4.90 Å². The van der Waals surface area contributed by atoms with E-state index in [0.717, 1.165) is 18.4 Å². The van der Waals surface area contributed by atoms with Gasteiger partial charge >= 0.3 is 6.09 Å². The van der Waals surface area contributed by atoms with Gasteiger partial charge in [0, 0.05) is 18.5 Å². The molecule has 1 aromatic rings. The van der Waals surface area contributed by atoms with Crippen LogP contribution in [0.4, 0.5) is 4.79 Å². The molecule has 2 N–H and O–H groups in total.